The fourth-order valence-electron chi connectivity index (χ4n) is 4.88. The molecule has 2 aromatic carbocycles. The summed E-state index contributed by atoms with van der Waals surface area (Å²) in [6, 6.07) is 14.9. The second kappa shape index (κ2) is 9.27. The summed E-state index contributed by atoms with van der Waals surface area (Å²) in [4.78, 5) is 15.1. The number of halogens is 2. The Bertz CT molecular complexity index is 833. The number of benzene rings is 2. The molecule has 0 aromatic heterocycles. The van der Waals surface area contributed by atoms with Crippen molar-refractivity contribution in [3.8, 4) is 0 Å². The largest absolute Gasteiger partial charge is 0.348 e. The first-order chi connectivity index (χ1) is 14.1. The van der Waals surface area contributed by atoms with Crippen molar-refractivity contribution in [3.05, 3.63) is 70.5 Å². The van der Waals surface area contributed by atoms with Crippen molar-refractivity contribution in [2.24, 2.45) is 5.92 Å². The summed E-state index contributed by atoms with van der Waals surface area (Å²) in [6.45, 7) is 2.13. The van der Waals surface area contributed by atoms with Gasteiger partial charge in [-0.1, -0.05) is 35.9 Å². The SMILES string of the molecule is O=C(N[C@@H]1CCC[C@H]1N1CCC(Cc2ccc(Cl)cc2)CC1)c1ccccc1F. The van der Waals surface area contributed by atoms with Crippen molar-refractivity contribution >= 4 is 17.5 Å². The number of carbonyl (C=O) groups excluding carboxylic acids is 1. The third-order valence-electron chi connectivity index (χ3n) is 6.47. The van der Waals surface area contributed by atoms with E-state index < -0.39 is 5.82 Å². The monoisotopic (exact) mass is 414 g/mol. The van der Waals surface area contributed by atoms with Gasteiger partial charge in [0.1, 0.15) is 5.82 Å². The molecular weight excluding hydrogens is 387 g/mol. The summed E-state index contributed by atoms with van der Waals surface area (Å²) in [7, 11) is 0. The average Bonchev–Trinajstić information content (AvgIpc) is 3.18. The summed E-state index contributed by atoms with van der Waals surface area (Å²) < 4.78 is 13.9. The molecule has 1 saturated carbocycles. The lowest BCUT2D eigenvalue weighted by atomic mass is 9.89. The molecule has 0 bridgehead atoms. The average molecular weight is 415 g/mol. The molecule has 1 aliphatic carbocycles. The van der Waals surface area contributed by atoms with Crippen LogP contribution in [-0.2, 0) is 6.42 Å². The number of rotatable bonds is 5. The van der Waals surface area contributed by atoms with E-state index in [4.69, 9.17) is 11.6 Å². The zero-order valence-corrected chi connectivity index (χ0v) is 17.4. The third-order valence-corrected chi connectivity index (χ3v) is 6.72. The molecule has 29 heavy (non-hydrogen) atoms. The zero-order valence-electron chi connectivity index (χ0n) is 16.6. The van der Waals surface area contributed by atoms with E-state index in [2.05, 4.69) is 22.3 Å². The van der Waals surface area contributed by atoms with Crippen molar-refractivity contribution in [1.82, 2.24) is 10.2 Å². The van der Waals surface area contributed by atoms with Gasteiger partial charge in [-0.05, 0) is 87.4 Å². The molecule has 0 spiro atoms. The first kappa shape index (κ1) is 20.4. The second-order valence-electron chi connectivity index (χ2n) is 8.37. The van der Waals surface area contributed by atoms with Gasteiger partial charge in [-0.2, -0.15) is 0 Å². The number of nitrogens with one attached hydrogen (secondary N) is 1. The summed E-state index contributed by atoms with van der Waals surface area (Å²) in [6.07, 6.45) is 6.63. The quantitative estimate of drug-likeness (QED) is 0.739. The Morgan fingerprint density at radius 3 is 2.48 bits per heavy atom. The molecule has 2 aromatic rings. The van der Waals surface area contributed by atoms with Crippen LogP contribution in [0.3, 0.4) is 0 Å². The maximum absolute atomic E-state index is 13.9. The van der Waals surface area contributed by atoms with Gasteiger partial charge in [0.2, 0.25) is 0 Å². The summed E-state index contributed by atoms with van der Waals surface area (Å²) in [5.74, 6) is -0.0551. The van der Waals surface area contributed by atoms with Gasteiger partial charge in [-0.3, -0.25) is 9.69 Å². The minimum atomic E-state index is -0.456. The topological polar surface area (TPSA) is 32.3 Å². The molecule has 3 nitrogen and oxygen atoms in total. The Labute approximate surface area is 177 Å². The highest BCUT2D eigenvalue weighted by Gasteiger charge is 2.35. The Balaban J connectivity index is 1.31. The predicted molar refractivity (Wildman–Crippen MR) is 115 cm³/mol. The van der Waals surface area contributed by atoms with Gasteiger partial charge in [-0.15, -0.1) is 0 Å². The van der Waals surface area contributed by atoms with Crippen LogP contribution in [0.4, 0.5) is 4.39 Å². The zero-order chi connectivity index (χ0) is 20.2. The molecule has 1 aliphatic heterocycles. The molecule has 0 radical (unpaired) electrons. The number of likely N-dealkylation sites (tertiary alicyclic amines) is 1. The van der Waals surface area contributed by atoms with Crippen LogP contribution < -0.4 is 5.32 Å². The van der Waals surface area contributed by atoms with Crippen LogP contribution in [0.2, 0.25) is 5.02 Å². The number of carbonyl (C=O) groups is 1. The lowest BCUT2D eigenvalue weighted by Crippen LogP contribution is -2.51. The Morgan fingerprint density at radius 2 is 1.76 bits per heavy atom. The standard InChI is InChI=1S/C24H28ClFN2O/c25-19-10-8-17(9-11-19)16-18-12-14-28(15-13-18)23-7-3-6-22(23)27-24(29)20-4-1-2-5-21(20)26/h1-2,4-5,8-11,18,22-23H,3,6-7,12-16H2,(H,27,29)/t22-,23-/m1/s1. The molecule has 1 amide bonds. The number of hydrogen-bond donors (Lipinski definition) is 1. The van der Waals surface area contributed by atoms with E-state index in [0.29, 0.717) is 12.0 Å². The van der Waals surface area contributed by atoms with Gasteiger partial charge in [0, 0.05) is 17.1 Å². The maximum Gasteiger partial charge on any atom is 0.254 e. The van der Waals surface area contributed by atoms with Gasteiger partial charge in [-0.25, -0.2) is 4.39 Å². The van der Waals surface area contributed by atoms with Crippen molar-refractivity contribution in [2.75, 3.05) is 13.1 Å². The minimum absolute atomic E-state index is 0.106. The summed E-state index contributed by atoms with van der Waals surface area (Å²) in [5.41, 5.74) is 1.49. The number of amides is 1. The molecule has 1 N–H and O–H groups in total. The highest BCUT2D eigenvalue weighted by Crippen LogP contribution is 2.30. The first-order valence-electron chi connectivity index (χ1n) is 10.6. The van der Waals surface area contributed by atoms with E-state index in [1.807, 2.05) is 12.1 Å². The van der Waals surface area contributed by atoms with Crippen LogP contribution in [-0.4, -0.2) is 36.0 Å². The van der Waals surface area contributed by atoms with Gasteiger partial charge >= 0.3 is 0 Å². The third kappa shape index (κ3) is 4.99. The van der Waals surface area contributed by atoms with E-state index >= 15 is 0 Å². The summed E-state index contributed by atoms with van der Waals surface area (Å²) in [5, 5.41) is 3.89. The molecule has 1 heterocycles. The Kier molecular flexibility index (Phi) is 6.51. The van der Waals surface area contributed by atoms with Crippen molar-refractivity contribution < 1.29 is 9.18 Å². The highest BCUT2D eigenvalue weighted by molar-refractivity contribution is 6.30. The maximum atomic E-state index is 13.9. The number of hydrogen-bond acceptors (Lipinski definition) is 2. The van der Waals surface area contributed by atoms with Crippen LogP contribution >= 0.6 is 11.6 Å². The normalized spacial score (nSPS) is 23.2. The van der Waals surface area contributed by atoms with Gasteiger partial charge < -0.3 is 5.32 Å². The Hall–Kier alpha value is -1.91. The molecule has 0 unspecified atom stereocenters. The van der Waals surface area contributed by atoms with Crippen LogP contribution in [0, 0.1) is 11.7 Å². The number of piperidine rings is 1. The second-order valence-corrected chi connectivity index (χ2v) is 8.80. The van der Waals surface area contributed by atoms with Crippen molar-refractivity contribution in [1.29, 1.82) is 0 Å². The van der Waals surface area contributed by atoms with E-state index in [-0.39, 0.29) is 17.5 Å². The number of nitrogens with zero attached hydrogens (tertiary/aromatic N) is 1. The molecule has 2 atom stereocenters. The molecule has 5 heteroatoms. The molecule has 1 saturated heterocycles. The van der Waals surface area contributed by atoms with Gasteiger partial charge in [0.25, 0.3) is 5.91 Å². The van der Waals surface area contributed by atoms with Gasteiger partial charge in [0.05, 0.1) is 5.56 Å². The smallest absolute Gasteiger partial charge is 0.254 e. The van der Waals surface area contributed by atoms with E-state index in [1.165, 1.54) is 24.5 Å². The van der Waals surface area contributed by atoms with Crippen molar-refractivity contribution in [2.45, 2.75) is 50.6 Å². The molecule has 2 fully saturated rings. The van der Waals surface area contributed by atoms with E-state index in [9.17, 15) is 9.18 Å². The van der Waals surface area contributed by atoms with Crippen LogP contribution in [0.25, 0.3) is 0 Å². The molecular formula is C24H28ClFN2O. The summed E-state index contributed by atoms with van der Waals surface area (Å²) >= 11 is 5.99. The van der Waals surface area contributed by atoms with Crippen LogP contribution in [0.5, 0.6) is 0 Å². The highest BCUT2D eigenvalue weighted by atomic mass is 35.5. The first-order valence-corrected chi connectivity index (χ1v) is 11.0. The molecule has 2 aliphatic rings. The van der Waals surface area contributed by atoms with E-state index in [0.717, 1.165) is 43.8 Å². The Morgan fingerprint density at radius 1 is 1.03 bits per heavy atom. The van der Waals surface area contributed by atoms with Crippen molar-refractivity contribution in [3.63, 3.8) is 0 Å². The van der Waals surface area contributed by atoms with E-state index in [1.54, 1.807) is 18.2 Å². The van der Waals surface area contributed by atoms with Crippen LogP contribution in [0.15, 0.2) is 48.5 Å². The fraction of sp³-hybridized carbons (Fsp3) is 0.458. The molecule has 4 rings (SSSR count). The van der Waals surface area contributed by atoms with Gasteiger partial charge in [0.15, 0.2) is 0 Å². The molecule has 154 valence electrons. The minimum Gasteiger partial charge on any atom is -0.348 e. The lowest BCUT2D eigenvalue weighted by Gasteiger charge is -2.38. The fourth-order valence-corrected chi connectivity index (χ4v) is 5.01. The predicted octanol–water partition coefficient (Wildman–Crippen LogP) is 5.08. The lowest BCUT2D eigenvalue weighted by molar-refractivity contribution is 0.0858. The van der Waals surface area contributed by atoms with Crippen LogP contribution in [0.1, 0.15) is 48.0 Å².